The van der Waals surface area contributed by atoms with Gasteiger partial charge in [0.2, 0.25) is 0 Å². The molecule has 0 aliphatic rings. The maximum Gasteiger partial charge on any atom is 0.322 e. The van der Waals surface area contributed by atoms with Crippen LogP contribution in [0.3, 0.4) is 0 Å². The number of esters is 1. The summed E-state index contributed by atoms with van der Waals surface area (Å²) in [6.07, 6.45) is 0. The third-order valence-electron chi connectivity index (χ3n) is 2.94. The molecule has 1 N–H and O–H groups in total. The highest BCUT2D eigenvalue weighted by molar-refractivity contribution is 7.15. The van der Waals surface area contributed by atoms with E-state index in [0.717, 1.165) is 0 Å². The van der Waals surface area contributed by atoms with Gasteiger partial charge in [0.1, 0.15) is 6.04 Å². The normalized spacial score (nSPS) is 12.1. The van der Waals surface area contributed by atoms with E-state index in [1.54, 1.807) is 11.3 Å². The molecule has 0 aliphatic carbocycles. The predicted octanol–water partition coefficient (Wildman–Crippen LogP) is 3.46. The van der Waals surface area contributed by atoms with Crippen LogP contribution in [0.15, 0.2) is 42.5 Å². The van der Waals surface area contributed by atoms with Crippen molar-refractivity contribution in [2.75, 3.05) is 6.61 Å². The van der Waals surface area contributed by atoms with Crippen molar-refractivity contribution in [3.63, 3.8) is 0 Å². The molecule has 0 fully saturated rings. The van der Waals surface area contributed by atoms with E-state index in [1.165, 1.54) is 15.3 Å². The van der Waals surface area contributed by atoms with E-state index in [-0.39, 0.29) is 12.0 Å². The highest BCUT2D eigenvalue weighted by atomic mass is 32.1. The molecule has 0 radical (unpaired) electrons. The number of rotatable bonds is 6. The molecule has 0 bridgehead atoms. The van der Waals surface area contributed by atoms with Crippen LogP contribution in [-0.2, 0) is 16.1 Å². The van der Waals surface area contributed by atoms with Gasteiger partial charge in [0.15, 0.2) is 0 Å². The summed E-state index contributed by atoms with van der Waals surface area (Å²) in [6, 6.07) is 14.2. The van der Waals surface area contributed by atoms with Crippen molar-refractivity contribution < 1.29 is 9.53 Å². The zero-order valence-electron chi connectivity index (χ0n) is 11.8. The first kappa shape index (κ1) is 14.8. The van der Waals surface area contributed by atoms with E-state index in [0.29, 0.717) is 13.2 Å². The molecule has 2 aromatic rings. The molecule has 106 valence electrons. The second kappa shape index (κ2) is 7.22. The van der Waals surface area contributed by atoms with Crippen molar-refractivity contribution in [1.29, 1.82) is 0 Å². The highest BCUT2D eigenvalue weighted by Gasteiger charge is 2.13. The largest absolute Gasteiger partial charge is 0.465 e. The van der Waals surface area contributed by atoms with Gasteiger partial charge in [0, 0.05) is 16.3 Å². The number of benzene rings is 1. The Morgan fingerprint density at radius 2 is 2.00 bits per heavy atom. The zero-order chi connectivity index (χ0) is 14.4. The van der Waals surface area contributed by atoms with Crippen molar-refractivity contribution in [1.82, 2.24) is 5.32 Å². The van der Waals surface area contributed by atoms with Gasteiger partial charge in [-0.2, -0.15) is 0 Å². The zero-order valence-corrected chi connectivity index (χ0v) is 12.6. The van der Waals surface area contributed by atoms with Gasteiger partial charge >= 0.3 is 5.97 Å². The van der Waals surface area contributed by atoms with Crippen molar-refractivity contribution >= 4 is 17.3 Å². The smallest absolute Gasteiger partial charge is 0.322 e. The number of hydrogen-bond donors (Lipinski definition) is 1. The van der Waals surface area contributed by atoms with E-state index in [2.05, 4.69) is 29.6 Å². The predicted molar refractivity (Wildman–Crippen MR) is 82.7 cm³/mol. The Hall–Kier alpha value is -1.65. The first-order valence-electron chi connectivity index (χ1n) is 6.75. The van der Waals surface area contributed by atoms with Crippen LogP contribution < -0.4 is 5.32 Å². The molecule has 0 spiro atoms. The van der Waals surface area contributed by atoms with E-state index in [4.69, 9.17) is 4.74 Å². The molecule has 1 aromatic carbocycles. The molecule has 1 atom stereocenters. The van der Waals surface area contributed by atoms with Crippen LogP contribution in [0.25, 0.3) is 10.4 Å². The Labute approximate surface area is 123 Å². The minimum atomic E-state index is -0.280. The van der Waals surface area contributed by atoms with Gasteiger partial charge in [-0.05, 0) is 31.5 Å². The summed E-state index contributed by atoms with van der Waals surface area (Å²) in [7, 11) is 0. The second-order valence-electron chi connectivity index (χ2n) is 4.49. The van der Waals surface area contributed by atoms with Crippen LogP contribution >= 0.6 is 11.3 Å². The minimum Gasteiger partial charge on any atom is -0.465 e. The Kier molecular flexibility index (Phi) is 5.32. The molecule has 4 heteroatoms. The van der Waals surface area contributed by atoms with Crippen LogP contribution in [0.5, 0.6) is 0 Å². The quantitative estimate of drug-likeness (QED) is 0.828. The lowest BCUT2D eigenvalue weighted by molar-refractivity contribution is -0.145. The Morgan fingerprint density at radius 3 is 2.70 bits per heavy atom. The molecule has 1 aromatic heterocycles. The summed E-state index contributed by atoms with van der Waals surface area (Å²) < 4.78 is 4.97. The monoisotopic (exact) mass is 289 g/mol. The number of carbonyl (C=O) groups excluding carboxylic acids is 1. The van der Waals surface area contributed by atoms with Crippen LogP contribution in [0.1, 0.15) is 18.7 Å². The van der Waals surface area contributed by atoms with Gasteiger partial charge < -0.3 is 4.74 Å². The van der Waals surface area contributed by atoms with Gasteiger partial charge in [-0.1, -0.05) is 30.3 Å². The fourth-order valence-electron chi connectivity index (χ4n) is 1.83. The van der Waals surface area contributed by atoms with Crippen molar-refractivity contribution in [2.45, 2.75) is 26.4 Å². The molecule has 2 rings (SSSR count). The van der Waals surface area contributed by atoms with Crippen LogP contribution in [-0.4, -0.2) is 18.6 Å². The lowest BCUT2D eigenvalue weighted by atomic mass is 10.2. The van der Waals surface area contributed by atoms with Crippen LogP contribution in [0.2, 0.25) is 0 Å². The summed E-state index contributed by atoms with van der Waals surface area (Å²) in [6.45, 7) is 4.74. The summed E-state index contributed by atoms with van der Waals surface area (Å²) in [5.41, 5.74) is 1.22. The number of carbonyl (C=O) groups is 1. The lowest BCUT2D eigenvalue weighted by Gasteiger charge is -2.11. The Balaban J connectivity index is 1.92. The molecular weight excluding hydrogens is 270 g/mol. The molecule has 3 nitrogen and oxygen atoms in total. The summed E-state index contributed by atoms with van der Waals surface area (Å²) in [5.74, 6) is -0.202. The van der Waals surface area contributed by atoms with E-state index in [1.807, 2.05) is 32.0 Å². The summed E-state index contributed by atoms with van der Waals surface area (Å²) in [4.78, 5) is 14.0. The summed E-state index contributed by atoms with van der Waals surface area (Å²) >= 11 is 1.74. The Bertz CT molecular complexity index is 551. The van der Waals surface area contributed by atoms with E-state index < -0.39 is 0 Å². The van der Waals surface area contributed by atoms with Gasteiger partial charge in [-0.25, -0.2) is 0 Å². The van der Waals surface area contributed by atoms with Crippen LogP contribution in [0.4, 0.5) is 0 Å². The highest BCUT2D eigenvalue weighted by Crippen LogP contribution is 2.27. The molecular formula is C16H19NO2S. The SMILES string of the molecule is CCOC(=O)C(C)NCc1ccc(-c2ccccc2)s1. The summed E-state index contributed by atoms with van der Waals surface area (Å²) in [5, 5.41) is 3.18. The van der Waals surface area contributed by atoms with Crippen molar-refractivity contribution in [3.8, 4) is 10.4 Å². The van der Waals surface area contributed by atoms with E-state index in [9.17, 15) is 4.79 Å². The number of hydrogen-bond acceptors (Lipinski definition) is 4. The number of thiophene rings is 1. The fraction of sp³-hybridized carbons (Fsp3) is 0.312. The molecule has 0 saturated carbocycles. The van der Waals surface area contributed by atoms with Crippen molar-refractivity contribution in [2.24, 2.45) is 0 Å². The maximum absolute atomic E-state index is 11.5. The van der Waals surface area contributed by atoms with Gasteiger partial charge in [0.05, 0.1) is 6.61 Å². The average molecular weight is 289 g/mol. The second-order valence-corrected chi connectivity index (χ2v) is 5.65. The van der Waals surface area contributed by atoms with Gasteiger partial charge in [-0.15, -0.1) is 11.3 Å². The standard InChI is InChI=1S/C16H19NO2S/c1-3-19-16(18)12(2)17-11-14-9-10-15(20-14)13-7-5-4-6-8-13/h4-10,12,17H,3,11H2,1-2H3. The topological polar surface area (TPSA) is 38.3 Å². The van der Waals surface area contributed by atoms with Crippen molar-refractivity contribution in [3.05, 3.63) is 47.3 Å². The molecule has 0 saturated heterocycles. The Morgan fingerprint density at radius 1 is 1.25 bits per heavy atom. The molecule has 1 unspecified atom stereocenters. The number of ether oxygens (including phenoxy) is 1. The average Bonchev–Trinajstić information content (AvgIpc) is 2.95. The van der Waals surface area contributed by atoms with Crippen LogP contribution in [0, 0.1) is 0 Å². The van der Waals surface area contributed by atoms with E-state index >= 15 is 0 Å². The molecule has 0 amide bonds. The first-order chi connectivity index (χ1) is 9.70. The molecule has 0 aliphatic heterocycles. The fourth-order valence-corrected chi connectivity index (χ4v) is 2.80. The third-order valence-corrected chi connectivity index (χ3v) is 4.08. The lowest BCUT2D eigenvalue weighted by Crippen LogP contribution is -2.34. The van der Waals surface area contributed by atoms with Gasteiger partial charge in [-0.3, -0.25) is 10.1 Å². The maximum atomic E-state index is 11.5. The first-order valence-corrected chi connectivity index (χ1v) is 7.56. The minimum absolute atomic E-state index is 0.202. The van der Waals surface area contributed by atoms with Gasteiger partial charge in [0.25, 0.3) is 0 Å². The number of nitrogens with one attached hydrogen (secondary N) is 1. The molecule has 20 heavy (non-hydrogen) atoms. The molecule has 1 heterocycles. The third kappa shape index (κ3) is 3.92.